The van der Waals surface area contributed by atoms with Crippen molar-refractivity contribution in [1.82, 2.24) is 4.98 Å². The molecule has 2 aromatic rings. The van der Waals surface area contributed by atoms with Gasteiger partial charge in [-0.1, -0.05) is 0 Å². The molecule has 0 radical (unpaired) electrons. The van der Waals surface area contributed by atoms with E-state index in [1.54, 1.807) is 36.4 Å². The van der Waals surface area contributed by atoms with Crippen LogP contribution >= 0.6 is 0 Å². The Balaban J connectivity index is 2.10. The minimum absolute atomic E-state index is 0.0259. The molecule has 0 spiro atoms. The molecular formula is C14H11NO3. The monoisotopic (exact) mass is 241 g/mol. The maximum Gasteiger partial charge on any atom is 0.343 e. The fourth-order valence-electron chi connectivity index (χ4n) is 1.41. The van der Waals surface area contributed by atoms with E-state index in [4.69, 9.17) is 4.74 Å². The summed E-state index contributed by atoms with van der Waals surface area (Å²) < 4.78 is 5.16. The first-order chi connectivity index (χ1) is 8.66. The van der Waals surface area contributed by atoms with Gasteiger partial charge in [-0.25, -0.2) is 4.79 Å². The van der Waals surface area contributed by atoms with Gasteiger partial charge in [-0.3, -0.25) is 9.78 Å². The van der Waals surface area contributed by atoms with E-state index in [1.165, 1.54) is 19.3 Å². The summed E-state index contributed by atoms with van der Waals surface area (Å²) in [5.74, 6) is -0.0724. The third-order valence-corrected chi connectivity index (χ3v) is 2.39. The molecule has 0 aliphatic carbocycles. The average Bonchev–Trinajstić information content (AvgIpc) is 2.40. The zero-order chi connectivity index (χ0) is 13.0. The number of esters is 1. The van der Waals surface area contributed by atoms with Crippen LogP contribution < -0.4 is 4.74 Å². The first-order valence-electron chi connectivity index (χ1n) is 5.40. The number of benzene rings is 1. The van der Waals surface area contributed by atoms with Gasteiger partial charge in [0.05, 0.1) is 5.56 Å². The number of hydrogen-bond acceptors (Lipinski definition) is 4. The molecule has 18 heavy (non-hydrogen) atoms. The maximum atomic E-state index is 11.7. The van der Waals surface area contributed by atoms with Crippen molar-refractivity contribution in [1.29, 1.82) is 0 Å². The summed E-state index contributed by atoms with van der Waals surface area (Å²) in [5, 5.41) is 0. The first kappa shape index (κ1) is 12.0. The van der Waals surface area contributed by atoms with Crippen LogP contribution in [-0.2, 0) is 0 Å². The number of carbonyl (C=O) groups excluding carboxylic acids is 2. The molecule has 1 aromatic carbocycles. The van der Waals surface area contributed by atoms with Crippen molar-refractivity contribution in [2.24, 2.45) is 0 Å². The van der Waals surface area contributed by atoms with E-state index in [9.17, 15) is 9.59 Å². The molecule has 2 rings (SSSR count). The van der Waals surface area contributed by atoms with Crippen molar-refractivity contribution in [2.45, 2.75) is 6.92 Å². The van der Waals surface area contributed by atoms with Crippen molar-refractivity contribution in [3.63, 3.8) is 0 Å². The summed E-state index contributed by atoms with van der Waals surface area (Å²) in [6, 6.07) is 9.58. The molecule has 0 unspecified atom stereocenters. The normalized spacial score (nSPS) is 9.83. The fourth-order valence-corrected chi connectivity index (χ4v) is 1.41. The summed E-state index contributed by atoms with van der Waals surface area (Å²) in [6.45, 7) is 1.48. The Morgan fingerprint density at radius 2 is 1.56 bits per heavy atom. The molecule has 0 atom stereocenters. The second-order valence-corrected chi connectivity index (χ2v) is 3.71. The van der Waals surface area contributed by atoms with E-state index in [0.717, 1.165) is 0 Å². The van der Waals surface area contributed by atoms with Crippen molar-refractivity contribution in [3.05, 3.63) is 59.9 Å². The van der Waals surface area contributed by atoms with Crippen molar-refractivity contribution < 1.29 is 14.3 Å². The Kier molecular flexibility index (Phi) is 3.48. The molecule has 0 aliphatic heterocycles. The summed E-state index contributed by atoms with van der Waals surface area (Å²) in [5.41, 5.74) is 1.01. The van der Waals surface area contributed by atoms with Crippen LogP contribution in [-0.4, -0.2) is 16.7 Å². The molecule has 0 fully saturated rings. The van der Waals surface area contributed by atoms with Crippen LogP contribution in [0.25, 0.3) is 0 Å². The lowest BCUT2D eigenvalue weighted by molar-refractivity contribution is 0.0734. The van der Waals surface area contributed by atoms with Crippen LogP contribution in [0.1, 0.15) is 27.6 Å². The predicted molar refractivity (Wildman–Crippen MR) is 65.6 cm³/mol. The minimum Gasteiger partial charge on any atom is -0.423 e. The van der Waals surface area contributed by atoms with E-state index < -0.39 is 5.97 Å². The van der Waals surface area contributed by atoms with Crippen LogP contribution in [0.5, 0.6) is 5.75 Å². The zero-order valence-electron chi connectivity index (χ0n) is 9.79. The van der Waals surface area contributed by atoms with E-state index in [0.29, 0.717) is 16.9 Å². The van der Waals surface area contributed by atoms with Crippen LogP contribution in [0.3, 0.4) is 0 Å². The van der Waals surface area contributed by atoms with Crippen molar-refractivity contribution in [3.8, 4) is 5.75 Å². The van der Waals surface area contributed by atoms with Gasteiger partial charge in [0, 0.05) is 18.0 Å². The Morgan fingerprint density at radius 3 is 2.11 bits per heavy atom. The van der Waals surface area contributed by atoms with Crippen LogP contribution in [0.2, 0.25) is 0 Å². The summed E-state index contributed by atoms with van der Waals surface area (Å²) in [6.07, 6.45) is 3.05. The average molecular weight is 241 g/mol. The van der Waals surface area contributed by atoms with Gasteiger partial charge >= 0.3 is 5.97 Å². The highest BCUT2D eigenvalue weighted by Crippen LogP contribution is 2.14. The molecule has 0 bridgehead atoms. The second-order valence-electron chi connectivity index (χ2n) is 3.71. The Hall–Kier alpha value is -2.49. The number of nitrogens with zero attached hydrogens (tertiary/aromatic N) is 1. The standard InChI is InChI=1S/C14H11NO3/c1-10(16)11-2-4-13(5-3-11)18-14(17)12-6-8-15-9-7-12/h2-9H,1H3. The van der Waals surface area contributed by atoms with Crippen molar-refractivity contribution in [2.75, 3.05) is 0 Å². The molecule has 0 amide bonds. The maximum absolute atomic E-state index is 11.7. The summed E-state index contributed by atoms with van der Waals surface area (Å²) in [7, 11) is 0. The van der Waals surface area contributed by atoms with E-state index >= 15 is 0 Å². The highest BCUT2D eigenvalue weighted by Gasteiger charge is 2.08. The number of ketones is 1. The largest absolute Gasteiger partial charge is 0.423 e. The molecule has 4 nitrogen and oxygen atoms in total. The van der Waals surface area contributed by atoms with Gasteiger partial charge in [0.25, 0.3) is 0 Å². The number of rotatable bonds is 3. The first-order valence-corrected chi connectivity index (χ1v) is 5.40. The number of aromatic nitrogens is 1. The lowest BCUT2D eigenvalue weighted by Crippen LogP contribution is -2.08. The summed E-state index contributed by atoms with van der Waals surface area (Å²) >= 11 is 0. The quantitative estimate of drug-likeness (QED) is 0.470. The van der Waals surface area contributed by atoms with Crippen LogP contribution in [0.4, 0.5) is 0 Å². The number of Topliss-reactive ketones (excluding diaryl/α,β-unsaturated/α-hetero) is 1. The van der Waals surface area contributed by atoms with Gasteiger partial charge in [-0.05, 0) is 43.3 Å². The van der Waals surface area contributed by atoms with E-state index in [-0.39, 0.29) is 5.78 Å². The molecule has 4 heteroatoms. The lowest BCUT2D eigenvalue weighted by atomic mass is 10.1. The highest BCUT2D eigenvalue weighted by atomic mass is 16.5. The van der Waals surface area contributed by atoms with Crippen molar-refractivity contribution >= 4 is 11.8 Å². The smallest absolute Gasteiger partial charge is 0.343 e. The SMILES string of the molecule is CC(=O)c1ccc(OC(=O)c2ccncc2)cc1. The molecule has 1 heterocycles. The molecule has 1 aromatic heterocycles. The number of hydrogen-bond donors (Lipinski definition) is 0. The van der Waals surface area contributed by atoms with E-state index in [2.05, 4.69) is 4.98 Å². The van der Waals surface area contributed by atoms with Gasteiger partial charge in [0.15, 0.2) is 5.78 Å². The van der Waals surface area contributed by atoms with Gasteiger partial charge in [0.2, 0.25) is 0 Å². The zero-order valence-corrected chi connectivity index (χ0v) is 9.79. The number of ether oxygens (including phenoxy) is 1. The van der Waals surface area contributed by atoms with Gasteiger partial charge in [-0.15, -0.1) is 0 Å². The number of carbonyl (C=O) groups is 2. The molecule has 0 aliphatic rings. The highest BCUT2D eigenvalue weighted by molar-refractivity contribution is 5.94. The molecule has 0 N–H and O–H groups in total. The van der Waals surface area contributed by atoms with E-state index in [1.807, 2.05) is 0 Å². The van der Waals surface area contributed by atoms with Crippen LogP contribution in [0, 0.1) is 0 Å². The molecular weight excluding hydrogens is 230 g/mol. The van der Waals surface area contributed by atoms with Gasteiger partial charge in [0.1, 0.15) is 5.75 Å². The fraction of sp³-hybridized carbons (Fsp3) is 0.0714. The Labute approximate surface area is 104 Å². The number of pyridine rings is 1. The third-order valence-electron chi connectivity index (χ3n) is 2.39. The predicted octanol–water partition coefficient (Wildman–Crippen LogP) is 2.50. The Morgan fingerprint density at radius 1 is 0.944 bits per heavy atom. The molecule has 0 saturated heterocycles. The lowest BCUT2D eigenvalue weighted by Gasteiger charge is -2.04. The topological polar surface area (TPSA) is 56.3 Å². The van der Waals surface area contributed by atoms with Crippen LogP contribution in [0.15, 0.2) is 48.8 Å². The molecule has 90 valence electrons. The third kappa shape index (κ3) is 2.79. The second kappa shape index (κ2) is 5.23. The van der Waals surface area contributed by atoms with Gasteiger partial charge in [-0.2, -0.15) is 0 Å². The molecule has 0 saturated carbocycles. The summed E-state index contributed by atoms with van der Waals surface area (Å²) in [4.78, 5) is 26.6. The minimum atomic E-state index is -0.451. The van der Waals surface area contributed by atoms with Gasteiger partial charge < -0.3 is 4.74 Å². The Bertz CT molecular complexity index is 561.